The van der Waals surface area contributed by atoms with Crippen molar-refractivity contribution < 1.29 is 4.79 Å². The highest BCUT2D eigenvalue weighted by molar-refractivity contribution is 6.36. The van der Waals surface area contributed by atoms with Crippen molar-refractivity contribution in [2.75, 3.05) is 25.0 Å². The number of nitrogens with one attached hydrogen (secondary N) is 1. The number of carbonyl (C=O) groups excluding carboxylic acids is 1. The van der Waals surface area contributed by atoms with Gasteiger partial charge in [0.25, 0.3) is 0 Å². The summed E-state index contributed by atoms with van der Waals surface area (Å²) in [6, 6.07) is 15.4. The molecule has 0 radical (unpaired) electrons. The summed E-state index contributed by atoms with van der Waals surface area (Å²) in [6.45, 7) is 1.50. The van der Waals surface area contributed by atoms with Crippen molar-refractivity contribution in [2.24, 2.45) is 0 Å². The summed E-state index contributed by atoms with van der Waals surface area (Å²) in [5, 5.41) is 3.96. The van der Waals surface area contributed by atoms with Crippen LogP contribution in [0.25, 0.3) is 0 Å². The first-order valence-electron chi connectivity index (χ1n) is 7.53. The van der Waals surface area contributed by atoms with Gasteiger partial charge in [-0.3, -0.25) is 4.79 Å². The van der Waals surface area contributed by atoms with Crippen LogP contribution in [-0.2, 0) is 11.2 Å². The van der Waals surface area contributed by atoms with Crippen molar-refractivity contribution in [1.82, 2.24) is 5.32 Å². The number of carbonyl (C=O) groups is 1. The number of hydrogen-bond acceptors (Lipinski definition) is 2. The van der Waals surface area contributed by atoms with Gasteiger partial charge in [0.15, 0.2) is 0 Å². The summed E-state index contributed by atoms with van der Waals surface area (Å²) >= 11 is 12.1. The molecule has 2 aromatic carbocycles. The standard InChI is InChI=1S/C18H20Cl2N2O/c1-22(14-7-3-2-4-8-14)12-6-11-21-18(23)13-15-16(19)9-5-10-17(15)20/h2-5,7-10H,6,11-13H2,1H3,(H,21,23). The fourth-order valence-corrected chi connectivity index (χ4v) is 2.81. The van der Waals surface area contributed by atoms with E-state index in [1.165, 1.54) is 5.69 Å². The summed E-state index contributed by atoms with van der Waals surface area (Å²) in [5.74, 6) is -0.0673. The van der Waals surface area contributed by atoms with Gasteiger partial charge >= 0.3 is 0 Å². The zero-order valence-electron chi connectivity index (χ0n) is 13.1. The highest BCUT2D eigenvalue weighted by atomic mass is 35.5. The summed E-state index contributed by atoms with van der Waals surface area (Å²) in [4.78, 5) is 14.2. The third-order valence-corrected chi connectivity index (χ3v) is 4.30. The number of benzene rings is 2. The van der Waals surface area contributed by atoms with Crippen LogP contribution in [-0.4, -0.2) is 26.0 Å². The quantitative estimate of drug-likeness (QED) is 0.759. The Hall–Kier alpha value is -1.71. The van der Waals surface area contributed by atoms with Crippen LogP contribution >= 0.6 is 23.2 Å². The molecule has 2 rings (SSSR count). The summed E-state index contributed by atoms with van der Waals surface area (Å²) in [5.41, 5.74) is 1.84. The Morgan fingerprint density at radius 3 is 2.35 bits per heavy atom. The Kier molecular flexibility index (Phi) is 6.75. The predicted molar refractivity (Wildman–Crippen MR) is 97.5 cm³/mol. The highest BCUT2D eigenvalue weighted by Crippen LogP contribution is 2.24. The van der Waals surface area contributed by atoms with E-state index in [1.54, 1.807) is 18.2 Å². The third-order valence-electron chi connectivity index (χ3n) is 3.59. The Morgan fingerprint density at radius 1 is 1.04 bits per heavy atom. The van der Waals surface area contributed by atoms with Crippen LogP contribution in [0.3, 0.4) is 0 Å². The first kappa shape index (κ1) is 17.6. The van der Waals surface area contributed by atoms with Crippen molar-refractivity contribution in [3.05, 3.63) is 64.1 Å². The highest BCUT2D eigenvalue weighted by Gasteiger charge is 2.10. The largest absolute Gasteiger partial charge is 0.375 e. The van der Waals surface area contributed by atoms with E-state index >= 15 is 0 Å². The van der Waals surface area contributed by atoms with Crippen molar-refractivity contribution in [3.8, 4) is 0 Å². The lowest BCUT2D eigenvalue weighted by Crippen LogP contribution is -2.29. The molecule has 0 fully saturated rings. The number of anilines is 1. The number of nitrogens with zero attached hydrogens (tertiary/aromatic N) is 1. The van der Waals surface area contributed by atoms with E-state index < -0.39 is 0 Å². The van der Waals surface area contributed by atoms with Crippen LogP contribution in [0.4, 0.5) is 5.69 Å². The van der Waals surface area contributed by atoms with E-state index in [2.05, 4.69) is 22.3 Å². The van der Waals surface area contributed by atoms with Crippen LogP contribution in [0, 0.1) is 0 Å². The Morgan fingerprint density at radius 2 is 1.70 bits per heavy atom. The second-order valence-corrected chi connectivity index (χ2v) is 6.15. The predicted octanol–water partition coefficient (Wildman–Crippen LogP) is 4.18. The van der Waals surface area contributed by atoms with Crippen molar-refractivity contribution in [3.63, 3.8) is 0 Å². The summed E-state index contributed by atoms with van der Waals surface area (Å²) in [6.07, 6.45) is 1.07. The Bertz CT molecular complexity index is 626. The third kappa shape index (κ3) is 5.45. The van der Waals surface area contributed by atoms with Crippen molar-refractivity contribution in [2.45, 2.75) is 12.8 Å². The molecule has 3 nitrogen and oxygen atoms in total. The minimum atomic E-state index is -0.0673. The molecule has 23 heavy (non-hydrogen) atoms. The molecule has 5 heteroatoms. The first-order chi connectivity index (χ1) is 11.1. The molecule has 2 aromatic rings. The van der Waals surface area contributed by atoms with Crippen LogP contribution in [0.2, 0.25) is 10.0 Å². The number of amides is 1. The monoisotopic (exact) mass is 350 g/mol. The number of halogens is 2. The van der Waals surface area contributed by atoms with Crippen molar-refractivity contribution >= 4 is 34.8 Å². The molecule has 122 valence electrons. The van der Waals surface area contributed by atoms with Gasteiger partial charge in [-0.1, -0.05) is 47.5 Å². The molecule has 0 atom stereocenters. The average Bonchev–Trinajstić information content (AvgIpc) is 2.56. The van der Waals surface area contributed by atoms with Gasteiger partial charge in [-0.15, -0.1) is 0 Å². The second-order valence-electron chi connectivity index (χ2n) is 5.34. The Labute approximate surface area is 147 Å². The van der Waals surface area contributed by atoms with Crippen LogP contribution in [0.15, 0.2) is 48.5 Å². The van der Waals surface area contributed by atoms with Gasteiger partial charge in [0.05, 0.1) is 6.42 Å². The van der Waals surface area contributed by atoms with Gasteiger partial charge in [-0.25, -0.2) is 0 Å². The van der Waals surface area contributed by atoms with E-state index in [0.29, 0.717) is 22.2 Å². The first-order valence-corrected chi connectivity index (χ1v) is 8.29. The maximum atomic E-state index is 12.0. The minimum absolute atomic E-state index is 0.0673. The minimum Gasteiger partial charge on any atom is -0.375 e. The maximum absolute atomic E-state index is 12.0. The zero-order valence-corrected chi connectivity index (χ0v) is 14.6. The van der Waals surface area contributed by atoms with Crippen molar-refractivity contribution in [1.29, 1.82) is 0 Å². The molecule has 0 saturated heterocycles. The van der Waals surface area contributed by atoms with Crippen LogP contribution < -0.4 is 10.2 Å². The van der Waals surface area contributed by atoms with Gasteiger partial charge in [-0.2, -0.15) is 0 Å². The van der Waals surface area contributed by atoms with Crippen LogP contribution in [0.5, 0.6) is 0 Å². The molecular formula is C18H20Cl2N2O. The average molecular weight is 351 g/mol. The molecule has 0 aromatic heterocycles. The topological polar surface area (TPSA) is 32.3 Å². The van der Waals surface area contributed by atoms with E-state index in [9.17, 15) is 4.79 Å². The number of para-hydroxylation sites is 1. The normalized spacial score (nSPS) is 10.4. The van der Waals surface area contributed by atoms with Gasteiger partial charge in [-0.05, 0) is 36.2 Å². The molecule has 0 aliphatic carbocycles. The molecule has 0 unspecified atom stereocenters. The van der Waals surface area contributed by atoms with E-state index in [-0.39, 0.29) is 12.3 Å². The van der Waals surface area contributed by atoms with E-state index in [1.807, 2.05) is 25.2 Å². The molecule has 0 heterocycles. The lowest BCUT2D eigenvalue weighted by molar-refractivity contribution is -0.120. The van der Waals surface area contributed by atoms with E-state index in [4.69, 9.17) is 23.2 Å². The lowest BCUT2D eigenvalue weighted by atomic mass is 10.1. The maximum Gasteiger partial charge on any atom is 0.224 e. The lowest BCUT2D eigenvalue weighted by Gasteiger charge is -2.19. The fraction of sp³-hybridized carbons (Fsp3) is 0.278. The van der Waals surface area contributed by atoms with Gasteiger partial charge < -0.3 is 10.2 Å². The molecule has 0 spiro atoms. The molecular weight excluding hydrogens is 331 g/mol. The Balaban J connectivity index is 1.73. The number of rotatable bonds is 7. The summed E-state index contributed by atoms with van der Waals surface area (Å²) < 4.78 is 0. The van der Waals surface area contributed by atoms with Gasteiger partial charge in [0.1, 0.15) is 0 Å². The number of hydrogen-bond donors (Lipinski definition) is 1. The smallest absolute Gasteiger partial charge is 0.224 e. The molecule has 0 aliphatic rings. The van der Waals surface area contributed by atoms with Gasteiger partial charge in [0.2, 0.25) is 5.91 Å². The van der Waals surface area contributed by atoms with Gasteiger partial charge in [0, 0.05) is 35.9 Å². The molecule has 0 saturated carbocycles. The SMILES string of the molecule is CN(CCCNC(=O)Cc1c(Cl)cccc1Cl)c1ccccc1. The fourth-order valence-electron chi connectivity index (χ4n) is 2.28. The molecule has 1 amide bonds. The summed E-state index contributed by atoms with van der Waals surface area (Å²) in [7, 11) is 2.04. The molecule has 1 N–H and O–H groups in total. The van der Waals surface area contributed by atoms with E-state index in [0.717, 1.165) is 13.0 Å². The second kappa shape index (κ2) is 8.80. The zero-order chi connectivity index (χ0) is 16.7. The molecule has 0 bridgehead atoms. The molecule has 0 aliphatic heterocycles. The van der Waals surface area contributed by atoms with Crippen LogP contribution in [0.1, 0.15) is 12.0 Å².